The van der Waals surface area contributed by atoms with Gasteiger partial charge < -0.3 is 20.6 Å². The predicted molar refractivity (Wildman–Crippen MR) is 147 cm³/mol. The third-order valence-corrected chi connectivity index (χ3v) is 6.77. The van der Waals surface area contributed by atoms with Crippen molar-refractivity contribution >= 4 is 23.9 Å². The molecule has 36 heavy (non-hydrogen) atoms. The van der Waals surface area contributed by atoms with Crippen LogP contribution in [0.1, 0.15) is 66.5 Å². The Morgan fingerprint density at radius 1 is 1.08 bits per heavy atom. The van der Waals surface area contributed by atoms with Gasteiger partial charge >= 0.3 is 5.97 Å². The number of aliphatic carboxylic acids is 1. The average Bonchev–Trinajstić information content (AvgIpc) is 2.79. The van der Waals surface area contributed by atoms with Gasteiger partial charge in [0.2, 0.25) is 11.8 Å². The number of carbonyl (C=O) groups excluding carboxylic acids is 2. The molecule has 0 saturated heterocycles. The van der Waals surface area contributed by atoms with Crippen molar-refractivity contribution < 1.29 is 19.5 Å². The Labute approximate surface area is 217 Å². The maximum absolute atomic E-state index is 13.7. The van der Waals surface area contributed by atoms with Crippen LogP contribution in [-0.4, -0.2) is 60.0 Å². The summed E-state index contributed by atoms with van der Waals surface area (Å²) in [5.41, 5.74) is 0.934. The van der Waals surface area contributed by atoms with Crippen molar-refractivity contribution in [2.45, 2.75) is 78.9 Å². The highest BCUT2D eigenvalue weighted by molar-refractivity contribution is 5.91. The molecule has 0 saturated carbocycles. The monoisotopic (exact) mass is 499 g/mol. The number of likely N-dealkylation sites (N-methyl/N-ethyl adjacent to an activating group) is 2. The number of nitrogens with one attached hydrogen (secondary N) is 2. The zero-order valence-corrected chi connectivity index (χ0v) is 23.6. The minimum Gasteiger partial charge on any atom is -0.478 e. The Morgan fingerprint density at radius 3 is 2.11 bits per heavy atom. The molecular weight excluding hydrogens is 454 g/mol. The third-order valence-electron chi connectivity index (χ3n) is 6.77. The van der Waals surface area contributed by atoms with Gasteiger partial charge in [0.15, 0.2) is 0 Å². The lowest BCUT2D eigenvalue weighted by molar-refractivity contribution is -0.141. The lowest BCUT2D eigenvalue weighted by Crippen LogP contribution is -2.61. The SMILES string of the molecule is C=Cc1cccc(C(C)(C)[C@H](NC)C(=O)N[C@H](C(=O)N(C)[C@H](C=C(C)C(=O)O)C(C)C)C(C)(C)C)c1. The first-order chi connectivity index (χ1) is 16.5. The smallest absolute Gasteiger partial charge is 0.331 e. The van der Waals surface area contributed by atoms with Gasteiger partial charge in [0.05, 0.1) is 12.1 Å². The van der Waals surface area contributed by atoms with Crippen molar-refractivity contribution in [3.05, 3.63) is 53.6 Å². The summed E-state index contributed by atoms with van der Waals surface area (Å²) in [5.74, 6) is -1.61. The fourth-order valence-corrected chi connectivity index (χ4v) is 4.36. The van der Waals surface area contributed by atoms with Gasteiger partial charge in [-0.3, -0.25) is 9.59 Å². The molecular formula is C29H45N3O4. The van der Waals surface area contributed by atoms with E-state index in [4.69, 9.17) is 0 Å². The molecule has 0 unspecified atom stereocenters. The summed E-state index contributed by atoms with van der Waals surface area (Å²) >= 11 is 0. The number of hydrogen-bond donors (Lipinski definition) is 3. The van der Waals surface area contributed by atoms with E-state index in [2.05, 4.69) is 17.2 Å². The lowest BCUT2D eigenvalue weighted by Gasteiger charge is -2.40. The number of hydrogen-bond acceptors (Lipinski definition) is 4. The van der Waals surface area contributed by atoms with Gasteiger partial charge in [-0.1, -0.05) is 91.5 Å². The van der Waals surface area contributed by atoms with Gasteiger partial charge in [0.1, 0.15) is 6.04 Å². The summed E-state index contributed by atoms with van der Waals surface area (Å²) < 4.78 is 0. The van der Waals surface area contributed by atoms with Gasteiger partial charge in [-0.15, -0.1) is 0 Å². The van der Waals surface area contributed by atoms with Crippen LogP contribution in [0.4, 0.5) is 0 Å². The Kier molecular flexibility index (Phi) is 10.7. The second-order valence-electron chi connectivity index (χ2n) is 11.4. The Bertz CT molecular complexity index is 988. The molecule has 0 aliphatic carbocycles. The molecule has 0 aliphatic heterocycles. The van der Waals surface area contributed by atoms with Crippen molar-refractivity contribution in [3.8, 4) is 0 Å². The zero-order valence-electron chi connectivity index (χ0n) is 23.6. The molecule has 200 valence electrons. The van der Waals surface area contributed by atoms with Gasteiger partial charge in [-0.05, 0) is 36.4 Å². The summed E-state index contributed by atoms with van der Waals surface area (Å²) in [6, 6.07) is 6.01. The molecule has 1 aromatic rings. The summed E-state index contributed by atoms with van der Waals surface area (Å²) in [4.78, 5) is 40.3. The van der Waals surface area contributed by atoms with Crippen LogP contribution < -0.4 is 10.6 Å². The van der Waals surface area contributed by atoms with Crippen molar-refractivity contribution in [2.75, 3.05) is 14.1 Å². The summed E-state index contributed by atoms with van der Waals surface area (Å²) in [5, 5.41) is 15.5. The van der Waals surface area contributed by atoms with Crippen LogP contribution in [0.5, 0.6) is 0 Å². The first kappa shape index (κ1) is 31.1. The fourth-order valence-electron chi connectivity index (χ4n) is 4.36. The number of carboxylic acids is 1. The maximum atomic E-state index is 13.7. The summed E-state index contributed by atoms with van der Waals surface area (Å²) in [6.45, 7) is 18.9. The van der Waals surface area contributed by atoms with Crippen LogP contribution in [0.15, 0.2) is 42.5 Å². The number of nitrogens with zero attached hydrogens (tertiary/aromatic N) is 1. The number of carbonyl (C=O) groups is 3. The normalized spacial score (nSPS) is 15.1. The van der Waals surface area contributed by atoms with Crippen LogP contribution in [0.25, 0.3) is 6.08 Å². The van der Waals surface area contributed by atoms with E-state index < -0.39 is 34.9 Å². The Hall–Kier alpha value is -2.93. The van der Waals surface area contributed by atoms with Gasteiger partial charge in [0, 0.05) is 18.0 Å². The highest BCUT2D eigenvalue weighted by Crippen LogP contribution is 2.30. The van der Waals surface area contributed by atoms with E-state index >= 15 is 0 Å². The second kappa shape index (κ2) is 12.3. The largest absolute Gasteiger partial charge is 0.478 e. The average molecular weight is 500 g/mol. The van der Waals surface area contributed by atoms with E-state index in [0.717, 1.165) is 11.1 Å². The topological polar surface area (TPSA) is 98.7 Å². The van der Waals surface area contributed by atoms with E-state index in [1.54, 1.807) is 31.1 Å². The molecule has 0 bridgehead atoms. The van der Waals surface area contributed by atoms with Gasteiger partial charge in [-0.25, -0.2) is 4.79 Å². The van der Waals surface area contributed by atoms with Crippen molar-refractivity contribution in [1.29, 1.82) is 0 Å². The van der Waals surface area contributed by atoms with Gasteiger partial charge in [-0.2, -0.15) is 0 Å². The molecule has 0 aliphatic rings. The van der Waals surface area contributed by atoms with E-state index in [0.29, 0.717) is 0 Å². The highest BCUT2D eigenvalue weighted by Gasteiger charge is 2.41. The van der Waals surface area contributed by atoms with E-state index in [1.165, 1.54) is 6.92 Å². The molecule has 0 fully saturated rings. The van der Waals surface area contributed by atoms with Crippen molar-refractivity contribution in [1.82, 2.24) is 15.5 Å². The molecule has 2 amide bonds. The van der Waals surface area contributed by atoms with Crippen molar-refractivity contribution in [2.24, 2.45) is 11.3 Å². The molecule has 7 nitrogen and oxygen atoms in total. The van der Waals surface area contributed by atoms with E-state index in [9.17, 15) is 19.5 Å². The first-order valence-electron chi connectivity index (χ1n) is 12.4. The third kappa shape index (κ3) is 7.53. The summed E-state index contributed by atoms with van der Waals surface area (Å²) in [7, 11) is 3.39. The van der Waals surface area contributed by atoms with Crippen molar-refractivity contribution in [3.63, 3.8) is 0 Å². The summed E-state index contributed by atoms with van der Waals surface area (Å²) in [6.07, 6.45) is 3.36. The number of carboxylic acid groups (broad SMARTS) is 1. The van der Waals surface area contributed by atoms with Crippen LogP contribution in [0.3, 0.4) is 0 Å². The number of benzene rings is 1. The van der Waals surface area contributed by atoms with E-state index in [1.807, 2.05) is 72.7 Å². The van der Waals surface area contributed by atoms with Crippen LogP contribution in [0.2, 0.25) is 0 Å². The van der Waals surface area contributed by atoms with Crippen LogP contribution in [0, 0.1) is 11.3 Å². The first-order valence-corrected chi connectivity index (χ1v) is 12.4. The molecule has 0 aromatic heterocycles. The predicted octanol–water partition coefficient (Wildman–Crippen LogP) is 4.24. The maximum Gasteiger partial charge on any atom is 0.331 e. The molecule has 3 N–H and O–H groups in total. The van der Waals surface area contributed by atoms with Crippen LogP contribution >= 0.6 is 0 Å². The quantitative estimate of drug-likeness (QED) is 0.396. The highest BCUT2D eigenvalue weighted by atomic mass is 16.4. The minimum absolute atomic E-state index is 0.0225. The Morgan fingerprint density at radius 2 is 1.67 bits per heavy atom. The zero-order chi connectivity index (χ0) is 28.0. The Balaban J connectivity index is 3.34. The molecule has 3 atom stereocenters. The van der Waals surface area contributed by atoms with E-state index in [-0.39, 0.29) is 23.3 Å². The number of amides is 2. The molecule has 0 spiro atoms. The molecule has 1 aromatic carbocycles. The number of rotatable bonds is 11. The second-order valence-corrected chi connectivity index (χ2v) is 11.4. The van der Waals surface area contributed by atoms with Gasteiger partial charge in [0.25, 0.3) is 0 Å². The molecule has 0 radical (unpaired) electrons. The minimum atomic E-state index is -1.03. The lowest BCUT2D eigenvalue weighted by atomic mass is 9.76. The molecule has 1 rings (SSSR count). The molecule has 7 heteroatoms. The fraction of sp³-hybridized carbons (Fsp3) is 0.552. The standard InChI is InChI=1S/C29H45N3O4/c1-12-20-14-13-15-21(17-20)29(8,9)23(30-10)25(33)31-24(28(5,6)7)26(34)32(11)22(18(2)3)16-19(4)27(35)36/h12-18,22-24,30H,1H2,2-11H3,(H,31,33)(H,35,36)/t22-,23-,24-/m1/s1. The van der Waals surface area contributed by atoms with Crippen LogP contribution in [-0.2, 0) is 19.8 Å². The molecule has 0 heterocycles.